The molecular weight excluding hydrogens is 248 g/mol. The smallest absolute Gasteiger partial charge is 0.302 e. The van der Waals surface area contributed by atoms with Gasteiger partial charge in [0.05, 0.1) is 0 Å². The average molecular weight is 274 g/mol. The summed E-state index contributed by atoms with van der Waals surface area (Å²) in [6, 6.07) is 10.6. The molecule has 0 bridgehead atoms. The molecule has 0 amide bonds. The van der Waals surface area contributed by atoms with Gasteiger partial charge in [0, 0.05) is 12.8 Å². The maximum atomic E-state index is 11.4. The number of benzene rings is 1. The maximum absolute atomic E-state index is 11.4. The van der Waals surface area contributed by atoms with Crippen LogP contribution in [0.5, 0.6) is 0 Å². The third-order valence-electron chi connectivity index (χ3n) is 4.82. The zero-order valence-corrected chi connectivity index (χ0v) is 13.1. The fourth-order valence-corrected chi connectivity index (χ4v) is 3.58. The second-order valence-electron chi connectivity index (χ2n) is 6.76. The molecule has 1 saturated carbocycles. The van der Waals surface area contributed by atoms with Crippen molar-refractivity contribution in [1.29, 1.82) is 0 Å². The normalized spacial score (nSPS) is 27.1. The van der Waals surface area contributed by atoms with Crippen molar-refractivity contribution in [3.63, 3.8) is 0 Å². The van der Waals surface area contributed by atoms with Crippen LogP contribution in [-0.4, -0.2) is 12.1 Å². The summed E-state index contributed by atoms with van der Waals surface area (Å²) >= 11 is 0. The van der Waals surface area contributed by atoms with E-state index in [1.165, 1.54) is 18.9 Å². The Morgan fingerprint density at radius 1 is 1.20 bits per heavy atom. The van der Waals surface area contributed by atoms with E-state index < -0.39 is 0 Å². The zero-order valence-electron chi connectivity index (χ0n) is 13.1. The Labute approximate surface area is 122 Å². The van der Waals surface area contributed by atoms with Gasteiger partial charge in [-0.25, -0.2) is 0 Å². The van der Waals surface area contributed by atoms with Crippen molar-refractivity contribution in [3.05, 3.63) is 35.9 Å². The molecule has 1 aromatic rings. The van der Waals surface area contributed by atoms with Crippen molar-refractivity contribution >= 4 is 5.97 Å². The molecule has 1 aliphatic rings. The second-order valence-corrected chi connectivity index (χ2v) is 6.76. The van der Waals surface area contributed by atoms with E-state index >= 15 is 0 Å². The standard InChI is InChI=1S/C18H26O2/c1-13-10-11-16(17(12-13)20-14(2)19)18(3,4)15-8-6-5-7-9-15/h5-9,13,16-17H,10-12H2,1-4H3. The van der Waals surface area contributed by atoms with E-state index in [1.807, 2.05) is 6.07 Å². The molecule has 0 radical (unpaired) electrons. The summed E-state index contributed by atoms with van der Waals surface area (Å²) in [6.45, 7) is 8.33. The molecule has 1 fully saturated rings. The maximum Gasteiger partial charge on any atom is 0.302 e. The average Bonchev–Trinajstić information content (AvgIpc) is 2.39. The summed E-state index contributed by atoms with van der Waals surface area (Å²) in [5.74, 6) is 0.880. The lowest BCUT2D eigenvalue weighted by atomic mass is 9.64. The van der Waals surface area contributed by atoms with E-state index in [4.69, 9.17) is 4.74 Å². The summed E-state index contributed by atoms with van der Waals surface area (Å²) in [5.41, 5.74) is 1.36. The third kappa shape index (κ3) is 3.23. The molecule has 3 unspecified atom stereocenters. The van der Waals surface area contributed by atoms with Gasteiger partial charge in [-0.1, -0.05) is 57.5 Å². The molecule has 1 aliphatic carbocycles. The Balaban J connectivity index is 2.25. The van der Waals surface area contributed by atoms with E-state index in [2.05, 4.69) is 45.0 Å². The monoisotopic (exact) mass is 274 g/mol. The van der Waals surface area contributed by atoms with Gasteiger partial charge in [-0.15, -0.1) is 0 Å². The summed E-state index contributed by atoms with van der Waals surface area (Å²) in [7, 11) is 0. The first-order chi connectivity index (χ1) is 9.41. The van der Waals surface area contributed by atoms with Gasteiger partial charge in [-0.05, 0) is 29.7 Å². The zero-order chi connectivity index (χ0) is 14.8. The van der Waals surface area contributed by atoms with Gasteiger partial charge in [0.2, 0.25) is 0 Å². The predicted molar refractivity (Wildman–Crippen MR) is 81.5 cm³/mol. The molecule has 20 heavy (non-hydrogen) atoms. The van der Waals surface area contributed by atoms with Crippen LogP contribution in [-0.2, 0) is 14.9 Å². The van der Waals surface area contributed by atoms with Crippen molar-refractivity contribution in [2.45, 2.75) is 58.5 Å². The Bertz CT molecular complexity index is 450. The van der Waals surface area contributed by atoms with Crippen molar-refractivity contribution < 1.29 is 9.53 Å². The highest BCUT2D eigenvalue weighted by atomic mass is 16.5. The lowest BCUT2D eigenvalue weighted by molar-refractivity contribution is -0.153. The van der Waals surface area contributed by atoms with E-state index in [0.717, 1.165) is 12.8 Å². The molecule has 3 atom stereocenters. The van der Waals surface area contributed by atoms with Crippen LogP contribution in [0.3, 0.4) is 0 Å². The van der Waals surface area contributed by atoms with Gasteiger partial charge in [0.1, 0.15) is 6.10 Å². The molecule has 0 spiro atoms. The molecule has 0 aliphatic heterocycles. The summed E-state index contributed by atoms with van der Waals surface area (Å²) in [6.07, 6.45) is 3.38. The Morgan fingerprint density at radius 3 is 2.45 bits per heavy atom. The topological polar surface area (TPSA) is 26.3 Å². The molecule has 2 nitrogen and oxygen atoms in total. The summed E-state index contributed by atoms with van der Waals surface area (Å²) < 4.78 is 5.64. The third-order valence-corrected chi connectivity index (χ3v) is 4.82. The minimum absolute atomic E-state index is 0.0293. The van der Waals surface area contributed by atoms with Gasteiger partial charge in [0.25, 0.3) is 0 Å². The highest BCUT2D eigenvalue weighted by Gasteiger charge is 2.41. The summed E-state index contributed by atoms with van der Waals surface area (Å²) in [5, 5.41) is 0. The highest BCUT2D eigenvalue weighted by molar-refractivity contribution is 5.66. The Morgan fingerprint density at radius 2 is 1.85 bits per heavy atom. The van der Waals surface area contributed by atoms with Crippen molar-refractivity contribution in [2.75, 3.05) is 0 Å². The molecule has 2 rings (SSSR count). The van der Waals surface area contributed by atoms with Gasteiger partial charge in [-0.2, -0.15) is 0 Å². The number of hydrogen-bond acceptors (Lipinski definition) is 2. The number of carbonyl (C=O) groups excluding carboxylic acids is 1. The molecule has 0 heterocycles. The van der Waals surface area contributed by atoms with Gasteiger partial charge < -0.3 is 4.74 Å². The first-order valence-electron chi connectivity index (χ1n) is 7.64. The van der Waals surface area contributed by atoms with Crippen LogP contribution < -0.4 is 0 Å². The van der Waals surface area contributed by atoms with E-state index in [1.54, 1.807) is 0 Å². The van der Waals surface area contributed by atoms with E-state index in [0.29, 0.717) is 11.8 Å². The van der Waals surface area contributed by atoms with Crippen LogP contribution in [0.15, 0.2) is 30.3 Å². The van der Waals surface area contributed by atoms with Crippen molar-refractivity contribution in [1.82, 2.24) is 0 Å². The number of rotatable bonds is 3. The molecule has 2 heteroatoms. The number of hydrogen-bond donors (Lipinski definition) is 0. The molecular formula is C18H26O2. The van der Waals surface area contributed by atoms with Gasteiger partial charge >= 0.3 is 5.97 Å². The van der Waals surface area contributed by atoms with Crippen LogP contribution >= 0.6 is 0 Å². The lowest BCUT2D eigenvalue weighted by Gasteiger charge is -2.43. The van der Waals surface area contributed by atoms with Crippen LogP contribution in [0.1, 0.15) is 52.5 Å². The van der Waals surface area contributed by atoms with Crippen molar-refractivity contribution in [2.24, 2.45) is 11.8 Å². The van der Waals surface area contributed by atoms with Crippen LogP contribution in [0.2, 0.25) is 0 Å². The second kappa shape index (κ2) is 5.99. The molecule has 0 N–H and O–H groups in total. The van der Waals surface area contributed by atoms with Gasteiger partial charge in [-0.3, -0.25) is 4.79 Å². The summed E-state index contributed by atoms with van der Waals surface area (Å²) in [4.78, 5) is 11.4. The molecule has 0 saturated heterocycles. The fourth-order valence-electron chi connectivity index (χ4n) is 3.58. The van der Waals surface area contributed by atoms with Crippen molar-refractivity contribution in [3.8, 4) is 0 Å². The minimum atomic E-state index is -0.155. The SMILES string of the molecule is CC(=O)OC1CC(C)CCC1C(C)(C)c1ccccc1. The Hall–Kier alpha value is -1.31. The quantitative estimate of drug-likeness (QED) is 0.767. The molecule has 110 valence electrons. The predicted octanol–water partition coefficient (Wildman–Crippen LogP) is 4.33. The first-order valence-corrected chi connectivity index (χ1v) is 7.64. The Kier molecular flexibility index (Phi) is 4.52. The largest absolute Gasteiger partial charge is 0.462 e. The number of esters is 1. The van der Waals surface area contributed by atoms with Gasteiger partial charge in [0.15, 0.2) is 0 Å². The van der Waals surface area contributed by atoms with Crippen LogP contribution in [0, 0.1) is 11.8 Å². The highest BCUT2D eigenvalue weighted by Crippen LogP contribution is 2.43. The number of ether oxygens (including phenoxy) is 1. The van der Waals surface area contributed by atoms with E-state index in [9.17, 15) is 4.79 Å². The minimum Gasteiger partial charge on any atom is -0.462 e. The van der Waals surface area contributed by atoms with Crippen LogP contribution in [0.25, 0.3) is 0 Å². The number of carbonyl (C=O) groups is 1. The molecule has 0 aromatic heterocycles. The van der Waals surface area contributed by atoms with E-state index in [-0.39, 0.29) is 17.5 Å². The first kappa shape index (κ1) is 15.1. The molecule has 1 aromatic carbocycles. The van der Waals surface area contributed by atoms with Crippen LogP contribution in [0.4, 0.5) is 0 Å². The fraction of sp³-hybridized carbons (Fsp3) is 0.611. The lowest BCUT2D eigenvalue weighted by Crippen LogP contribution is -2.43.